The lowest BCUT2D eigenvalue weighted by atomic mass is 10.3. The smallest absolute Gasteiger partial charge is 0.171 e. The summed E-state index contributed by atoms with van der Waals surface area (Å²) < 4.78 is 5.00. The number of anilines is 1. The second-order valence-electron chi connectivity index (χ2n) is 3.58. The van der Waals surface area contributed by atoms with Crippen molar-refractivity contribution in [1.29, 1.82) is 0 Å². The molecule has 1 aromatic carbocycles. The molecule has 0 bridgehead atoms. The largest absolute Gasteiger partial charge is 0.383 e. The molecule has 0 aliphatic carbocycles. The van der Waals surface area contributed by atoms with Crippen molar-refractivity contribution in [2.75, 3.05) is 19.0 Å². The Morgan fingerprint density at radius 3 is 2.71 bits per heavy atom. The average Bonchev–Trinajstić information content (AvgIpc) is 2.23. The van der Waals surface area contributed by atoms with Crippen molar-refractivity contribution in [2.45, 2.75) is 13.0 Å². The van der Waals surface area contributed by atoms with Gasteiger partial charge in [-0.1, -0.05) is 23.2 Å². The third-order valence-electron chi connectivity index (χ3n) is 1.97. The number of ether oxygens (including phenoxy) is 1. The molecule has 0 saturated heterocycles. The second-order valence-corrected chi connectivity index (χ2v) is 4.81. The summed E-state index contributed by atoms with van der Waals surface area (Å²) in [4.78, 5) is 0. The first-order valence-corrected chi connectivity index (χ1v) is 6.21. The highest BCUT2D eigenvalue weighted by atomic mass is 35.5. The summed E-state index contributed by atoms with van der Waals surface area (Å²) in [5.74, 6) is 0. The Bertz CT molecular complexity index is 401. The first kappa shape index (κ1) is 14.5. The number of thiocarbonyl (C=S) groups is 1. The zero-order valence-corrected chi connectivity index (χ0v) is 11.9. The van der Waals surface area contributed by atoms with E-state index in [0.717, 1.165) is 5.69 Å². The minimum Gasteiger partial charge on any atom is -0.383 e. The molecular weight excluding hydrogens is 279 g/mol. The summed E-state index contributed by atoms with van der Waals surface area (Å²) in [7, 11) is 1.65. The molecule has 1 rings (SSSR count). The van der Waals surface area contributed by atoms with E-state index in [1.165, 1.54) is 0 Å². The van der Waals surface area contributed by atoms with Crippen molar-refractivity contribution >= 4 is 46.2 Å². The third kappa shape index (κ3) is 5.08. The molecule has 1 unspecified atom stereocenters. The third-order valence-corrected chi connectivity index (χ3v) is 2.93. The highest BCUT2D eigenvalue weighted by Gasteiger charge is 2.05. The molecule has 0 aliphatic heterocycles. The Morgan fingerprint density at radius 2 is 2.12 bits per heavy atom. The van der Waals surface area contributed by atoms with Crippen LogP contribution in [0.25, 0.3) is 0 Å². The lowest BCUT2D eigenvalue weighted by Crippen LogP contribution is -2.38. The molecule has 0 aromatic heterocycles. The predicted molar refractivity (Wildman–Crippen MR) is 77.2 cm³/mol. The van der Waals surface area contributed by atoms with Crippen molar-refractivity contribution in [2.24, 2.45) is 0 Å². The molecule has 0 fully saturated rings. The number of hydrogen-bond donors (Lipinski definition) is 2. The van der Waals surface area contributed by atoms with Gasteiger partial charge in [-0.3, -0.25) is 0 Å². The molecule has 0 saturated carbocycles. The van der Waals surface area contributed by atoms with Gasteiger partial charge in [-0.2, -0.15) is 0 Å². The van der Waals surface area contributed by atoms with E-state index in [9.17, 15) is 0 Å². The van der Waals surface area contributed by atoms with Crippen LogP contribution in [0, 0.1) is 0 Å². The molecule has 0 amide bonds. The van der Waals surface area contributed by atoms with Gasteiger partial charge >= 0.3 is 0 Å². The molecule has 1 atom stereocenters. The Balaban J connectivity index is 2.53. The van der Waals surface area contributed by atoms with Crippen LogP contribution >= 0.6 is 35.4 Å². The van der Waals surface area contributed by atoms with Gasteiger partial charge in [0.05, 0.1) is 16.7 Å². The van der Waals surface area contributed by atoms with Gasteiger partial charge in [-0.25, -0.2) is 0 Å². The van der Waals surface area contributed by atoms with Gasteiger partial charge in [0.2, 0.25) is 0 Å². The Kier molecular flexibility index (Phi) is 5.98. The molecule has 0 radical (unpaired) electrons. The first-order valence-electron chi connectivity index (χ1n) is 5.04. The van der Waals surface area contributed by atoms with Crippen LogP contribution in [0.1, 0.15) is 6.92 Å². The summed E-state index contributed by atoms with van der Waals surface area (Å²) in [6.07, 6.45) is 0. The molecule has 17 heavy (non-hydrogen) atoms. The molecule has 0 spiro atoms. The summed E-state index contributed by atoms with van der Waals surface area (Å²) >= 11 is 16.9. The fraction of sp³-hybridized carbons (Fsp3) is 0.364. The summed E-state index contributed by atoms with van der Waals surface area (Å²) in [6.45, 7) is 2.56. The second kappa shape index (κ2) is 7.01. The maximum atomic E-state index is 5.90. The van der Waals surface area contributed by atoms with Crippen molar-refractivity contribution in [3.05, 3.63) is 28.2 Å². The van der Waals surface area contributed by atoms with Gasteiger partial charge in [0, 0.05) is 18.8 Å². The molecule has 6 heteroatoms. The van der Waals surface area contributed by atoms with Crippen LogP contribution in [0.3, 0.4) is 0 Å². The van der Waals surface area contributed by atoms with E-state index in [1.54, 1.807) is 19.2 Å². The fourth-order valence-corrected chi connectivity index (χ4v) is 1.87. The Labute approximate surface area is 116 Å². The van der Waals surface area contributed by atoms with E-state index in [4.69, 9.17) is 40.2 Å². The number of methoxy groups -OCH3 is 1. The summed E-state index contributed by atoms with van der Waals surface area (Å²) in [5.41, 5.74) is 0.793. The monoisotopic (exact) mass is 292 g/mol. The SMILES string of the molecule is COCC(C)NC(=S)Nc1ccc(Cl)c(Cl)c1. The van der Waals surface area contributed by atoms with Gasteiger partial charge in [-0.05, 0) is 37.3 Å². The maximum Gasteiger partial charge on any atom is 0.171 e. The first-order chi connectivity index (χ1) is 8.02. The van der Waals surface area contributed by atoms with E-state index in [1.807, 2.05) is 13.0 Å². The van der Waals surface area contributed by atoms with E-state index in [-0.39, 0.29) is 6.04 Å². The highest BCUT2D eigenvalue weighted by Crippen LogP contribution is 2.24. The van der Waals surface area contributed by atoms with Crippen molar-refractivity contribution < 1.29 is 4.74 Å². The maximum absolute atomic E-state index is 5.90. The standard InChI is InChI=1S/C11H14Cl2N2OS/c1-7(6-16-2)14-11(17)15-8-3-4-9(12)10(13)5-8/h3-5,7H,6H2,1-2H3,(H2,14,15,17). The van der Waals surface area contributed by atoms with Gasteiger partial charge in [-0.15, -0.1) is 0 Å². The number of hydrogen-bond acceptors (Lipinski definition) is 2. The van der Waals surface area contributed by atoms with Crippen LogP contribution in [0.2, 0.25) is 10.0 Å². The van der Waals surface area contributed by atoms with Crippen LogP contribution in [0.15, 0.2) is 18.2 Å². The van der Waals surface area contributed by atoms with Gasteiger partial charge in [0.1, 0.15) is 0 Å². The molecule has 0 aliphatic rings. The fourth-order valence-electron chi connectivity index (χ4n) is 1.26. The summed E-state index contributed by atoms with van der Waals surface area (Å²) in [5, 5.41) is 7.63. The average molecular weight is 293 g/mol. The van der Waals surface area contributed by atoms with Crippen molar-refractivity contribution in [3.8, 4) is 0 Å². The van der Waals surface area contributed by atoms with E-state index < -0.39 is 0 Å². The minimum absolute atomic E-state index is 0.141. The minimum atomic E-state index is 0.141. The molecule has 1 aromatic rings. The van der Waals surface area contributed by atoms with E-state index in [0.29, 0.717) is 21.8 Å². The van der Waals surface area contributed by atoms with Crippen molar-refractivity contribution in [3.63, 3.8) is 0 Å². The topological polar surface area (TPSA) is 33.3 Å². The Morgan fingerprint density at radius 1 is 1.41 bits per heavy atom. The molecule has 94 valence electrons. The molecule has 0 heterocycles. The molecular formula is C11H14Cl2N2OS. The van der Waals surface area contributed by atoms with Gasteiger partial charge < -0.3 is 15.4 Å². The number of rotatable bonds is 4. The molecule has 2 N–H and O–H groups in total. The van der Waals surface area contributed by atoms with Crippen LogP contribution in [0.4, 0.5) is 5.69 Å². The lowest BCUT2D eigenvalue weighted by molar-refractivity contribution is 0.179. The zero-order valence-electron chi connectivity index (χ0n) is 9.59. The highest BCUT2D eigenvalue weighted by molar-refractivity contribution is 7.80. The van der Waals surface area contributed by atoms with E-state index in [2.05, 4.69) is 10.6 Å². The summed E-state index contributed by atoms with van der Waals surface area (Å²) in [6, 6.07) is 5.39. The van der Waals surface area contributed by atoms with Gasteiger partial charge in [0.15, 0.2) is 5.11 Å². The van der Waals surface area contributed by atoms with Crippen molar-refractivity contribution in [1.82, 2.24) is 5.32 Å². The van der Waals surface area contributed by atoms with E-state index >= 15 is 0 Å². The normalized spacial score (nSPS) is 12.0. The van der Waals surface area contributed by atoms with Gasteiger partial charge in [0.25, 0.3) is 0 Å². The number of nitrogens with one attached hydrogen (secondary N) is 2. The lowest BCUT2D eigenvalue weighted by Gasteiger charge is -2.16. The molecule has 3 nitrogen and oxygen atoms in total. The number of benzene rings is 1. The Hall–Kier alpha value is -0.550. The van der Waals surface area contributed by atoms with Crippen LogP contribution in [0.5, 0.6) is 0 Å². The quantitative estimate of drug-likeness (QED) is 0.834. The van der Waals surface area contributed by atoms with Crippen LogP contribution < -0.4 is 10.6 Å². The van der Waals surface area contributed by atoms with Crippen LogP contribution in [-0.2, 0) is 4.74 Å². The predicted octanol–water partition coefficient (Wildman–Crippen LogP) is 3.31. The zero-order chi connectivity index (χ0) is 12.8. The van der Waals surface area contributed by atoms with Crippen LogP contribution in [-0.4, -0.2) is 24.9 Å². The number of halogens is 2.